The summed E-state index contributed by atoms with van der Waals surface area (Å²) in [4.78, 5) is 12.9. The van der Waals surface area contributed by atoms with Crippen molar-refractivity contribution in [3.05, 3.63) is 40.6 Å². The highest BCUT2D eigenvalue weighted by Crippen LogP contribution is 2.26. The molecule has 0 spiro atoms. The van der Waals surface area contributed by atoms with Crippen molar-refractivity contribution in [3.8, 4) is 5.75 Å². The molecule has 1 aliphatic heterocycles. The van der Waals surface area contributed by atoms with Gasteiger partial charge in [-0.1, -0.05) is 0 Å². The van der Waals surface area contributed by atoms with Crippen LogP contribution in [0.1, 0.15) is 29.4 Å². The standard InChI is InChI=1S/C17H20N2O4S2/c1-2-23-14-7-5-13(6-8-14)18-17(20)16-11-15(12-24-16)25(21,22)19-9-3-4-10-19/h5-8,11-12H,2-4,9-10H2,1H3,(H,18,20). The van der Waals surface area contributed by atoms with E-state index in [1.54, 1.807) is 24.3 Å². The Balaban J connectivity index is 1.70. The molecule has 8 heteroatoms. The molecule has 134 valence electrons. The highest BCUT2D eigenvalue weighted by Gasteiger charge is 2.28. The van der Waals surface area contributed by atoms with Gasteiger partial charge >= 0.3 is 0 Å². The van der Waals surface area contributed by atoms with Gasteiger partial charge < -0.3 is 10.1 Å². The molecule has 25 heavy (non-hydrogen) atoms. The molecule has 3 rings (SSSR count). The number of carbonyl (C=O) groups excluding carboxylic acids is 1. The number of thiophene rings is 1. The second-order valence-electron chi connectivity index (χ2n) is 5.67. The van der Waals surface area contributed by atoms with Crippen LogP contribution < -0.4 is 10.1 Å². The number of sulfonamides is 1. The summed E-state index contributed by atoms with van der Waals surface area (Å²) in [6.45, 7) is 3.58. The number of carbonyl (C=O) groups is 1. The maximum absolute atomic E-state index is 12.5. The van der Waals surface area contributed by atoms with Gasteiger partial charge in [0.15, 0.2) is 0 Å². The molecule has 1 saturated heterocycles. The fourth-order valence-corrected chi connectivity index (χ4v) is 5.32. The fourth-order valence-electron chi connectivity index (χ4n) is 2.64. The minimum absolute atomic E-state index is 0.191. The van der Waals surface area contributed by atoms with Crippen LogP contribution in [0.5, 0.6) is 5.75 Å². The molecule has 0 saturated carbocycles. The summed E-state index contributed by atoms with van der Waals surface area (Å²) >= 11 is 1.13. The van der Waals surface area contributed by atoms with Crippen LogP contribution in [0.2, 0.25) is 0 Å². The summed E-state index contributed by atoms with van der Waals surface area (Å²) in [5.41, 5.74) is 0.630. The predicted octanol–water partition coefficient (Wildman–Crippen LogP) is 3.18. The lowest BCUT2D eigenvalue weighted by molar-refractivity contribution is 0.103. The third-order valence-electron chi connectivity index (χ3n) is 3.93. The average Bonchev–Trinajstić information content (AvgIpc) is 3.29. The molecule has 1 amide bonds. The topological polar surface area (TPSA) is 75.7 Å². The van der Waals surface area contributed by atoms with Crippen molar-refractivity contribution in [2.24, 2.45) is 0 Å². The summed E-state index contributed by atoms with van der Waals surface area (Å²) < 4.78 is 31.9. The molecule has 0 radical (unpaired) electrons. The zero-order valence-corrected chi connectivity index (χ0v) is 15.5. The summed E-state index contributed by atoms with van der Waals surface area (Å²) in [5, 5.41) is 4.30. The Morgan fingerprint density at radius 1 is 1.24 bits per heavy atom. The first-order valence-corrected chi connectivity index (χ1v) is 10.5. The zero-order valence-electron chi connectivity index (χ0n) is 13.9. The number of hydrogen-bond donors (Lipinski definition) is 1. The van der Waals surface area contributed by atoms with E-state index in [4.69, 9.17) is 4.74 Å². The predicted molar refractivity (Wildman–Crippen MR) is 97.9 cm³/mol. The first kappa shape index (κ1) is 17.9. The molecule has 0 unspecified atom stereocenters. The quantitative estimate of drug-likeness (QED) is 0.835. The molecule has 1 fully saturated rings. The smallest absolute Gasteiger partial charge is 0.265 e. The first-order chi connectivity index (χ1) is 12.0. The molecule has 0 atom stereocenters. The van der Waals surface area contributed by atoms with Gasteiger partial charge in [0.1, 0.15) is 5.75 Å². The molecule has 2 heterocycles. The van der Waals surface area contributed by atoms with Gasteiger partial charge in [0.05, 0.1) is 16.4 Å². The van der Waals surface area contributed by atoms with Crippen molar-refractivity contribution in [3.63, 3.8) is 0 Å². The molecule has 6 nitrogen and oxygen atoms in total. The minimum Gasteiger partial charge on any atom is -0.494 e. The number of hydrogen-bond acceptors (Lipinski definition) is 5. The number of ether oxygens (including phenoxy) is 1. The Hall–Kier alpha value is -1.90. The van der Waals surface area contributed by atoms with E-state index in [0.29, 0.717) is 30.3 Å². The molecule has 0 bridgehead atoms. The number of amides is 1. The second-order valence-corrected chi connectivity index (χ2v) is 8.52. The Morgan fingerprint density at radius 3 is 2.56 bits per heavy atom. The molecular weight excluding hydrogens is 360 g/mol. The Labute approximate surface area is 151 Å². The van der Waals surface area contributed by atoms with Gasteiger partial charge in [-0.15, -0.1) is 11.3 Å². The van der Waals surface area contributed by atoms with E-state index >= 15 is 0 Å². The van der Waals surface area contributed by atoms with Crippen LogP contribution in [0, 0.1) is 0 Å². The third-order valence-corrected chi connectivity index (χ3v) is 6.88. The molecule has 1 N–H and O–H groups in total. The van der Waals surface area contributed by atoms with Crippen molar-refractivity contribution in [2.75, 3.05) is 25.0 Å². The van der Waals surface area contributed by atoms with Crippen LogP contribution in [0.25, 0.3) is 0 Å². The summed E-state index contributed by atoms with van der Waals surface area (Å²) in [6, 6.07) is 8.49. The average molecular weight is 380 g/mol. The van der Waals surface area contributed by atoms with Gasteiger partial charge in [0, 0.05) is 24.2 Å². The number of nitrogens with zero attached hydrogens (tertiary/aromatic N) is 1. The fraction of sp³-hybridized carbons (Fsp3) is 0.353. The lowest BCUT2D eigenvalue weighted by atomic mass is 10.3. The number of nitrogens with one attached hydrogen (secondary N) is 1. The van der Waals surface area contributed by atoms with E-state index in [0.717, 1.165) is 29.9 Å². The SMILES string of the molecule is CCOc1ccc(NC(=O)c2cc(S(=O)(=O)N3CCCC3)cs2)cc1. The number of benzene rings is 1. The Bertz CT molecular complexity index is 838. The van der Waals surface area contributed by atoms with E-state index in [9.17, 15) is 13.2 Å². The molecular formula is C17H20N2O4S2. The van der Waals surface area contributed by atoms with E-state index in [1.807, 2.05) is 6.92 Å². The van der Waals surface area contributed by atoms with Gasteiger partial charge in [-0.3, -0.25) is 4.79 Å². The Morgan fingerprint density at radius 2 is 1.92 bits per heavy atom. The van der Waals surface area contributed by atoms with Crippen molar-refractivity contribution >= 4 is 33.0 Å². The molecule has 2 aromatic rings. The lowest BCUT2D eigenvalue weighted by Crippen LogP contribution is -2.27. The highest BCUT2D eigenvalue weighted by molar-refractivity contribution is 7.89. The van der Waals surface area contributed by atoms with Crippen molar-refractivity contribution in [1.29, 1.82) is 0 Å². The van der Waals surface area contributed by atoms with Crippen molar-refractivity contribution < 1.29 is 17.9 Å². The van der Waals surface area contributed by atoms with Crippen LogP contribution in [-0.4, -0.2) is 38.3 Å². The number of rotatable bonds is 6. The van der Waals surface area contributed by atoms with Crippen LogP contribution in [0.15, 0.2) is 40.6 Å². The van der Waals surface area contributed by atoms with Crippen molar-refractivity contribution in [1.82, 2.24) is 4.31 Å². The number of anilines is 1. The Kier molecular flexibility index (Phi) is 5.41. The normalized spacial score (nSPS) is 15.2. The van der Waals surface area contributed by atoms with E-state index in [1.165, 1.54) is 15.8 Å². The van der Waals surface area contributed by atoms with Crippen LogP contribution in [-0.2, 0) is 10.0 Å². The molecule has 1 aliphatic rings. The summed E-state index contributed by atoms with van der Waals surface area (Å²) in [7, 11) is -3.49. The van der Waals surface area contributed by atoms with Gasteiger partial charge in [0.25, 0.3) is 5.91 Å². The monoisotopic (exact) mass is 380 g/mol. The molecule has 1 aromatic carbocycles. The highest BCUT2D eigenvalue weighted by atomic mass is 32.2. The third kappa shape index (κ3) is 4.02. The first-order valence-electron chi connectivity index (χ1n) is 8.13. The van der Waals surface area contributed by atoms with Gasteiger partial charge in [-0.05, 0) is 50.1 Å². The molecule has 1 aromatic heterocycles. The zero-order chi connectivity index (χ0) is 17.9. The van der Waals surface area contributed by atoms with Crippen molar-refractivity contribution in [2.45, 2.75) is 24.7 Å². The largest absolute Gasteiger partial charge is 0.494 e. The van der Waals surface area contributed by atoms with E-state index in [-0.39, 0.29) is 10.8 Å². The summed E-state index contributed by atoms with van der Waals surface area (Å²) in [6.07, 6.45) is 1.77. The van der Waals surface area contributed by atoms with Gasteiger partial charge in [0.2, 0.25) is 10.0 Å². The molecule has 0 aliphatic carbocycles. The lowest BCUT2D eigenvalue weighted by Gasteiger charge is -2.13. The van der Waals surface area contributed by atoms with Gasteiger partial charge in [-0.25, -0.2) is 8.42 Å². The van der Waals surface area contributed by atoms with Crippen LogP contribution in [0.4, 0.5) is 5.69 Å². The summed E-state index contributed by atoms with van der Waals surface area (Å²) in [5.74, 6) is 0.410. The second kappa shape index (κ2) is 7.55. The van der Waals surface area contributed by atoms with Crippen LogP contribution in [0.3, 0.4) is 0 Å². The van der Waals surface area contributed by atoms with Crippen LogP contribution >= 0.6 is 11.3 Å². The van der Waals surface area contributed by atoms with Gasteiger partial charge in [-0.2, -0.15) is 4.31 Å². The van der Waals surface area contributed by atoms with E-state index < -0.39 is 10.0 Å². The minimum atomic E-state index is -3.49. The van der Waals surface area contributed by atoms with E-state index in [2.05, 4.69) is 5.32 Å². The maximum Gasteiger partial charge on any atom is 0.265 e. The maximum atomic E-state index is 12.5.